The highest BCUT2D eigenvalue weighted by Crippen LogP contribution is 2.22. The molecule has 0 radical (unpaired) electrons. The minimum Gasteiger partial charge on any atom is -0.350 e. The molecule has 0 aliphatic carbocycles. The molecule has 0 aromatic heterocycles. The van der Waals surface area contributed by atoms with E-state index in [0.29, 0.717) is 10.6 Å². The number of hydrogen-bond acceptors (Lipinski definition) is 4. The summed E-state index contributed by atoms with van der Waals surface area (Å²) in [6.45, 7) is 2.05. The molecule has 3 rings (SSSR count). The molecule has 6 nitrogen and oxygen atoms in total. The topological polar surface area (TPSA) is 87.6 Å². The summed E-state index contributed by atoms with van der Waals surface area (Å²) in [6, 6.07) is 13.7. The minimum atomic E-state index is -3.56. The molecule has 2 aromatic rings. The number of benzene rings is 2. The summed E-state index contributed by atoms with van der Waals surface area (Å²) < 4.78 is 26.4. The molecule has 2 N–H and O–H groups in total. The number of amidine groups is 1. The zero-order valence-electron chi connectivity index (χ0n) is 14.1. The Labute approximate surface area is 157 Å². The van der Waals surface area contributed by atoms with Gasteiger partial charge in [0.2, 0.25) is 5.91 Å². The van der Waals surface area contributed by atoms with Crippen molar-refractivity contribution >= 4 is 33.4 Å². The van der Waals surface area contributed by atoms with E-state index in [1.165, 1.54) is 6.07 Å². The van der Waals surface area contributed by atoms with Crippen LogP contribution in [0, 0.1) is 0 Å². The second-order valence-electron chi connectivity index (χ2n) is 5.93. The van der Waals surface area contributed by atoms with Crippen LogP contribution in [0.3, 0.4) is 0 Å². The Bertz CT molecular complexity index is 973. The highest BCUT2D eigenvalue weighted by Gasteiger charge is 2.29. The Balaban J connectivity index is 1.60. The Morgan fingerprint density at radius 3 is 2.77 bits per heavy atom. The SMILES string of the molecule is C[C@H](NC(=O)CCN=C1NS(=O)(=O)c2ccccc21)c1cccc(Cl)c1. The van der Waals surface area contributed by atoms with E-state index < -0.39 is 10.0 Å². The van der Waals surface area contributed by atoms with Gasteiger partial charge in [-0.25, -0.2) is 8.42 Å². The van der Waals surface area contributed by atoms with Crippen LogP contribution in [0.25, 0.3) is 0 Å². The van der Waals surface area contributed by atoms with Crippen molar-refractivity contribution in [2.45, 2.75) is 24.3 Å². The number of nitrogens with zero attached hydrogens (tertiary/aromatic N) is 1. The van der Waals surface area contributed by atoms with Gasteiger partial charge in [-0.05, 0) is 36.8 Å². The highest BCUT2D eigenvalue weighted by atomic mass is 35.5. The first kappa shape index (κ1) is 18.4. The lowest BCUT2D eigenvalue weighted by Gasteiger charge is -2.14. The summed E-state index contributed by atoms with van der Waals surface area (Å²) in [5.74, 6) is 0.104. The fourth-order valence-electron chi connectivity index (χ4n) is 2.69. The van der Waals surface area contributed by atoms with Gasteiger partial charge in [0.05, 0.1) is 17.5 Å². The minimum absolute atomic E-state index is 0.151. The predicted octanol–water partition coefficient (Wildman–Crippen LogP) is 2.65. The lowest BCUT2D eigenvalue weighted by molar-refractivity contribution is -0.121. The Morgan fingerprint density at radius 2 is 2.00 bits per heavy atom. The van der Waals surface area contributed by atoms with Gasteiger partial charge in [-0.1, -0.05) is 35.9 Å². The van der Waals surface area contributed by atoms with Crippen LogP contribution in [0.4, 0.5) is 0 Å². The summed E-state index contributed by atoms with van der Waals surface area (Å²) in [7, 11) is -3.56. The monoisotopic (exact) mass is 391 g/mol. The average Bonchev–Trinajstić information content (AvgIpc) is 2.86. The van der Waals surface area contributed by atoms with Crippen LogP contribution in [0.15, 0.2) is 58.4 Å². The molecule has 1 atom stereocenters. The molecule has 1 aliphatic rings. The zero-order chi connectivity index (χ0) is 18.7. The quantitative estimate of drug-likeness (QED) is 0.821. The summed E-state index contributed by atoms with van der Waals surface area (Å²) in [4.78, 5) is 16.6. The van der Waals surface area contributed by atoms with Crippen LogP contribution in [-0.2, 0) is 14.8 Å². The Hall–Kier alpha value is -2.38. The fourth-order valence-corrected chi connectivity index (χ4v) is 4.14. The predicted molar refractivity (Wildman–Crippen MR) is 101 cm³/mol. The van der Waals surface area contributed by atoms with Gasteiger partial charge in [0.15, 0.2) is 0 Å². The third-order valence-corrected chi connectivity index (χ3v) is 5.63. The molecule has 1 aliphatic heterocycles. The summed E-state index contributed by atoms with van der Waals surface area (Å²) in [6.07, 6.45) is 0.151. The first-order valence-electron chi connectivity index (χ1n) is 8.08. The van der Waals surface area contributed by atoms with Crippen LogP contribution in [0.2, 0.25) is 5.02 Å². The van der Waals surface area contributed by atoms with E-state index in [-0.39, 0.29) is 35.6 Å². The lowest BCUT2D eigenvalue weighted by atomic mass is 10.1. The molecule has 0 saturated heterocycles. The first-order chi connectivity index (χ1) is 12.4. The molecule has 0 unspecified atom stereocenters. The van der Waals surface area contributed by atoms with Gasteiger partial charge in [-0.3, -0.25) is 14.5 Å². The van der Waals surface area contributed by atoms with Gasteiger partial charge < -0.3 is 5.32 Å². The zero-order valence-corrected chi connectivity index (χ0v) is 15.6. The van der Waals surface area contributed by atoms with E-state index in [2.05, 4.69) is 15.0 Å². The van der Waals surface area contributed by atoms with Crippen LogP contribution < -0.4 is 10.0 Å². The third kappa shape index (κ3) is 4.05. The highest BCUT2D eigenvalue weighted by molar-refractivity contribution is 7.90. The van der Waals surface area contributed by atoms with E-state index in [0.717, 1.165) is 5.56 Å². The molecule has 0 bridgehead atoms. The van der Waals surface area contributed by atoms with Gasteiger partial charge in [-0.15, -0.1) is 0 Å². The standard InChI is InChI=1S/C18H18ClN3O3S/c1-12(13-5-4-6-14(19)11-13)21-17(23)9-10-20-18-15-7-2-3-8-16(15)26(24,25)22-18/h2-8,11-12H,9-10H2,1H3,(H,20,22)(H,21,23)/t12-/m0/s1. The summed E-state index contributed by atoms with van der Waals surface area (Å²) in [5, 5.41) is 3.49. The second-order valence-corrected chi connectivity index (χ2v) is 8.01. The fraction of sp³-hybridized carbons (Fsp3) is 0.222. The molecular formula is C18H18ClN3O3S. The number of fused-ring (bicyclic) bond motifs is 1. The number of halogens is 1. The third-order valence-electron chi connectivity index (χ3n) is 4.00. The summed E-state index contributed by atoms with van der Waals surface area (Å²) in [5.41, 5.74) is 1.44. The molecule has 0 spiro atoms. The second kappa shape index (κ2) is 7.47. The summed E-state index contributed by atoms with van der Waals surface area (Å²) >= 11 is 5.96. The van der Waals surface area contributed by atoms with E-state index in [1.807, 2.05) is 19.1 Å². The van der Waals surface area contributed by atoms with Crippen molar-refractivity contribution in [3.05, 3.63) is 64.7 Å². The number of nitrogens with one attached hydrogen (secondary N) is 2. The van der Waals surface area contributed by atoms with Crippen LogP contribution in [0.5, 0.6) is 0 Å². The van der Waals surface area contributed by atoms with Gasteiger partial charge in [0.1, 0.15) is 5.84 Å². The van der Waals surface area contributed by atoms with Gasteiger partial charge in [-0.2, -0.15) is 0 Å². The molecule has 136 valence electrons. The van der Waals surface area contributed by atoms with Crippen molar-refractivity contribution in [3.63, 3.8) is 0 Å². The molecule has 8 heteroatoms. The molecule has 0 saturated carbocycles. The van der Waals surface area contributed by atoms with Gasteiger partial charge >= 0.3 is 0 Å². The Morgan fingerprint density at radius 1 is 1.23 bits per heavy atom. The van der Waals surface area contributed by atoms with Crippen LogP contribution >= 0.6 is 11.6 Å². The van der Waals surface area contributed by atoms with Crippen molar-refractivity contribution in [1.29, 1.82) is 0 Å². The van der Waals surface area contributed by atoms with Crippen LogP contribution in [0.1, 0.15) is 30.5 Å². The molecule has 1 heterocycles. The normalized spacial score (nSPS) is 17.4. The number of aliphatic imine (C=N–C) groups is 1. The van der Waals surface area contributed by atoms with E-state index >= 15 is 0 Å². The van der Waals surface area contributed by atoms with Crippen molar-refractivity contribution < 1.29 is 13.2 Å². The van der Waals surface area contributed by atoms with Crippen LogP contribution in [-0.4, -0.2) is 26.7 Å². The van der Waals surface area contributed by atoms with E-state index in [9.17, 15) is 13.2 Å². The van der Waals surface area contributed by atoms with E-state index in [4.69, 9.17) is 11.6 Å². The maximum atomic E-state index is 12.1. The average molecular weight is 392 g/mol. The number of carbonyl (C=O) groups excluding carboxylic acids is 1. The number of rotatable bonds is 5. The smallest absolute Gasteiger partial charge is 0.263 e. The lowest BCUT2D eigenvalue weighted by Crippen LogP contribution is -2.27. The number of amides is 1. The maximum Gasteiger partial charge on any atom is 0.263 e. The molecule has 1 amide bonds. The largest absolute Gasteiger partial charge is 0.350 e. The number of carbonyl (C=O) groups is 1. The number of sulfonamides is 1. The van der Waals surface area contributed by atoms with E-state index in [1.54, 1.807) is 30.3 Å². The maximum absolute atomic E-state index is 12.1. The van der Waals surface area contributed by atoms with Gasteiger partial charge in [0.25, 0.3) is 10.0 Å². The molecule has 2 aromatic carbocycles. The number of hydrogen-bond donors (Lipinski definition) is 2. The molecular weight excluding hydrogens is 374 g/mol. The first-order valence-corrected chi connectivity index (χ1v) is 9.94. The Kier molecular flexibility index (Phi) is 5.29. The van der Waals surface area contributed by atoms with Crippen molar-refractivity contribution in [1.82, 2.24) is 10.0 Å². The van der Waals surface area contributed by atoms with Crippen molar-refractivity contribution in [2.24, 2.45) is 4.99 Å². The van der Waals surface area contributed by atoms with Crippen molar-refractivity contribution in [2.75, 3.05) is 6.54 Å². The molecule has 26 heavy (non-hydrogen) atoms. The van der Waals surface area contributed by atoms with Crippen molar-refractivity contribution in [3.8, 4) is 0 Å². The van der Waals surface area contributed by atoms with Gasteiger partial charge in [0, 0.05) is 17.0 Å². The molecule has 0 fully saturated rings.